The summed E-state index contributed by atoms with van der Waals surface area (Å²) in [5, 5.41) is 6.13. The smallest absolute Gasteiger partial charge is 0.0612 e. The molecule has 0 amide bonds. The third kappa shape index (κ3) is 4.96. The first kappa shape index (κ1) is 30.0. The minimum atomic E-state index is 1.10. The number of fused-ring (bicyclic) bond motifs is 5. The van der Waals surface area contributed by atoms with E-state index < -0.39 is 0 Å². The molecule has 0 aliphatic rings. The van der Waals surface area contributed by atoms with Gasteiger partial charge in [0.05, 0.1) is 22.4 Å². The van der Waals surface area contributed by atoms with E-state index >= 15 is 0 Å². The fourth-order valence-electron chi connectivity index (χ4n) is 7.99. The number of nitrogens with zero attached hydrogens (tertiary/aromatic N) is 2. The molecule has 0 N–H and O–H groups in total. The minimum Gasteiger partial charge on any atom is -0.310 e. The molecular formula is C50H34N2. The topological polar surface area (TPSA) is 7.65 Å². The summed E-state index contributed by atoms with van der Waals surface area (Å²) >= 11 is 0. The SMILES string of the molecule is c1ccc(-c2cccc(N(c3ccc(-c4c5ccccc5cc5c(-c6ccccc6)c6ccccc6n45)cc3)c3cccc4ccccc34)c2)cc1. The Labute approximate surface area is 303 Å². The number of rotatable bonds is 6. The number of aromatic nitrogens is 1. The predicted octanol–water partition coefficient (Wildman–Crippen LogP) is 13.9. The summed E-state index contributed by atoms with van der Waals surface area (Å²) in [5.74, 6) is 0. The number of hydrogen-bond donors (Lipinski definition) is 0. The van der Waals surface area contributed by atoms with E-state index in [0.717, 1.165) is 17.1 Å². The van der Waals surface area contributed by atoms with E-state index in [1.165, 1.54) is 71.5 Å². The van der Waals surface area contributed by atoms with Crippen LogP contribution in [0.25, 0.3) is 71.5 Å². The van der Waals surface area contributed by atoms with Crippen molar-refractivity contribution in [3.63, 3.8) is 0 Å². The first-order valence-corrected chi connectivity index (χ1v) is 17.9. The van der Waals surface area contributed by atoms with E-state index in [1.807, 2.05) is 0 Å². The third-order valence-electron chi connectivity index (χ3n) is 10.3. The Balaban J connectivity index is 1.20. The van der Waals surface area contributed by atoms with Crippen molar-refractivity contribution >= 4 is 55.0 Å². The van der Waals surface area contributed by atoms with Gasteiger partial charge < -0.3 is 9.30 Å². The van der Waals surface area contributed by atoms with Crippen LogP contribution >= 0.6 is 0 Å². The zero-order valence-electron chi connectivity index (χ0n) is 28.5. The summed E-state index contributed by atoms with van der Waals surface area (Å²) in [6, 6.07) is 74.7. The number of para-hydroxylation sites is 1. The van der Waals surface area contributed by atoms with Crippen LogP contribution in [0.15, 0.2) is 206 Å². The molecule has 0 spiro atoms. The Morgan fingerprint density at radius 2 is 0.923 bits per heavy atom. The highest BCUT2D eigenvalue weighted by Crippen LogP contribution is 2.44. The number of pyridine rings is 1. The molecule has 8 aromatic carbocycles. The van der Waals surface area contributed by atoms with E-state index in [4.69, 9.17) is 0 Å². The lowest BCUT2D eigenvalue weighted by Gasteiger charge is -2.27. The van der Waals surface area contributed by atoms with E-state index in [2.05, 4.69) is 216 Å². The Kier molecular flexibility index (Phi) is 7.18. The molecular weight excluding hydrogens is 629 g/mol. The van der Waals surface area contributed by atoms with Crippen LogP contribution in [0.2, 0.25) is 0 Å². The standard InChI is InChI=1S/C50H34N2/c1-3-15-35(16-4-1)39-22-13-23-42(33-39)51(46-28-14-21-36-17-7-9-24-43(36)46)41-31-29-38(30-32-41)50-44-25-10-8-20-40(44)34-48-49(37-18-5-2-6-19-37)45-26-11-12-27-47(45)52(48)50/h1-34H. The van der Waals surface area contributed by atoms with Crippen LogP contribution in [0.3, 0.4) is 0 Å². The molecule has 0 saturated heterocycles. The van der Waals surface area contributed by atoms with Gasteiger partial charge >= 0.3 is 0 Å². The molecule has 0 saturated carbocycles. The van der Waals surface area contributed by atoms with Crippen molar-refractivity contribution in [2.24, 2.45) is 0 Å². The van der Waals surface area contributed by atoms with Gasteiger partial charge in [0.1, 0.15) is 0 Å². The molecule has 2 nitrogen and oxygen atoms in total. The van der Waals surface area contributed by atoms with Gasteiger partial charge in [-0.1, -0.05) is 164 Å². The number of hydrogen-bond acceptors (Lipinski definition) is 1. The van der Waals surface area contributed by atoms with Gasteiger partial charge in [-0.2, -0.15) is 0 Å². The van der Waals surface area contributed by atoms with Gasteiger partial charge in [-0.15, -0.1) is 0 Å². The Hall–Kier alpha value is -6.90. The van der Waals surface area contributed by atoms with Crippen molar-refractivity contribution in [1.82, 2.24) is 4.40 Å². The van der Waals surface area contributed by atoms with Crippen LogP contribution in [-0.4, -0.2) is 4.40 Å². The molecule has 0 radical (unpaired) electrons. The molecule has 10 aromatic rings. The lowest BCUT2D eigenvalue weighted by atomic mass is 9.99. The fourth-order valence-corrected chi connectivity index (χ4v) is 7.99. The van der Waals surface area contributed by atoms with Gasteiger partial charge in [0.2, 0.25) is 0 Å². The minimum absolute atomic E-state index is 1.10. The fraction of sp³-hybridized carbons (Fsp3) is 0. The van der Waals surface area contributed by atoms with Crippen LogP contribution in [0.5, 0.6) is 0 Å². The molecule has 0 bridgehead atoms. The summed E-state index contributed by atoms with van der Waals surface area (Å²) in [6.07, 6.45) is 0. The molecule has 0 atom stereocenters. The number of anilines is 3. The molecule has 0 aliphatic heterocycles. The van der Waals surface area contributed by atoms with Gasteiger partial charge in [0.25, 0.3) is 0 Å². The lowest BCUT2D eigenvalue weighted by Crippen LogP contribution is -2.10. The summed E-state index contributed by atoms with van der Waals surface area (Å²) in [4.78, 5) is 2.40. The van der Waals surface area contributed by atoms with Crippen LogP contribution in [0.1, 0.15) is 0 Å². The Morgan fingerprint density at radius 1 is 0.327 bits per heavy atom. The quantitative estimate of drug-likeness (QED) is 0.172. The second kappa shape index (κ2) is 12.5. The molecule has 0 unspecified atom stereocenters. The molecule has 2 heterocycles. The maximum atomic E-state index is 2.47. The lowest BCUT2D eigenvalue weighted by molar-refractivity contribution is 1.27. The van der Waals surface area contributed by atoms with Gasteiger partial charge in [0.15, 0.2) is 0 Å². The average molecular weight is 663 g/mol. The van der Waals surface area contributed by atoms with E-state index in [0.29, 0.717) is 0 Å². The second-order valence-electron chi connectivity index (χ2n) is 13.4. The molecule has 0 fully saturated rings. The summed E-state index contributed by atoms with van der Waals surface area (Å²) < 4.78 is 2.47. The Bertz CT molecular complexity index is 2880. The van der Waals surface area contributed by atoms with Crippen molar-refractivity contribution in [3.05, 3.63) is 206 Å². The van der Waals surface area contributed by atoms with Crippen LogP contribution in [0, 0.1) is 0 Å². The van der Waals surface area contributed by atoms with Crippen LogP contribution < -0.4 is 4.90 Å². The maximum Gasteiger partial charge on any atom is 0.0612 e. The zero-order valence-corrected chi connectivity index (χ0v) is 28.5. The van der Waals surface area contributed by atoms with Crippen molar-refractivity contribution in [3.8, 4) is 33.5 Å². The van der Waals surface area contributed by atoms with Crippen LogP contribution in [0.4, 0.5) is 17.1 Å². The summed E-state index contributed by atoms with van der Waals surface area (Å²) in [6.45, 7) is 0. The molecule has 52 heavy (non-hydrogen) atoms. The predicted molar refractivity (Wildman–Crippen MR) is 221 cm³/mol. The first-order valence-electron chi connectivity index (χ1n) is 17.9. The van der Waals surface area contributed by atoms with Gasteiger partial charge in [0, 0.05) is 33.1 Å². The Morgan fingerprint density at radius 3 is 1.71 bits per heavy atom. The van der Waals surface area contributed by atoms with E-state index in [-0.39, 0.29) is 0 Å². The van der Waals surface area contributed by atoms with E-state index in [1.54, 1.807) is 0 Å². The van der Waals surface area contributed by atoms with Gasteiger partial charge in [-0.3, -0.25) is 0 Å². The molecule has 244 valence electrons. The first-order chi connectivity index (χ1) is 25.8. The highest BCUT2D eigenvalue weighted by atomic mass is 15.1. The van der Waals surface area contributed by atoms with Crippen molar-refractivity contribution in [2.75, 3.05) is 4.90 Å². The molecule has 2 aromatic heterocycles. The largest absolute Gasteiger partial charge is 0.310 e. The molecule has 10 rings (SSSR count). The zero-order chi connectivity index (χ0) is 34.4. The second-order valence-corrected chi connectivity index (χ2v) is 13.4. The van der Waals surface area contributed by atoms with Crippen molar-refractivity contribution in [2.45, 2.75) is 0 Å². The van der Waals surface area contributed by atoms with Crippen molar-refractivity contribution in [1.29, 1.82) is 0 Å². The molecule has 0 aliphatic carbocycles. The normalized spacial score (nSPS) is 11.5. The van der Waals surface area contributed by atoms with Crippen molar-refractivity contribution < 1.29 is 0 Å². The molecule has 2 heteroatoms. The average Bonchev–Trinajstić information content (AvgIpc) is 3.55. The highest BCUT2D eigenvalue weighted by molar-refractivity contribution is 6.11. The maximum absolute atomic E-state index is 2.47. The summed E-state index contributed by atoms with van der Waals surface area (Å²) in [7, 11) is 0. The van der Waals surface area contributed by atoms with Gasteiger partial charge in [-0.25, -0.2) is 0 Å². The third-order valence-corrected chi connectivity index (χ3v) is 10.3. The highest BCUT2D eigenvalue weighted by Gasteiger charge is 2.20. The monoisotopic (exact) mass is 662 g/mol. The van der Waals surface area contributed by atoms with Crippen LogP contribution in [-0.2, 0) is 0 Å². The summed E-state index contributed by atoms with van der Waals surface area (Å²) in [5.41, 5.74) is 13.0. The van der Waals surface area contributed by atoms with Gasteiger partial charge in [-0.05, 0) is 75.5 Å². The number of benzene rings is 8. The van der Waals surface area contributed by atoms with E-state index in [9.17, 15) is 0 Å².